The van der Waals surface area contributed by atoms with Crippen molar-refractivity contribution in [3.63, 3.8) is 0 Å². The Morgan fingerprint density at radius 2 is 1.69 bits per heavy atom. The number of aromatic nitrogens is 4. The number of nitrogens with zero attached hydrogens (tertiary/aromatic N) is 9. The first-order valence-corrected chi connectivity index (χ1v) is 22.8. The summed E-state index contributed by atoms with van der Waals surface area (Å²) in [5, 5.41) is 26.8. The summed E-state index contributed by atoms with van der Waals surface area (Å²) in [6, 6.07) is 15.2. The van der Waals surface area contributed by atoms with Crippen molar-refractivity contribution in [2.45, 2.75) is 95.5 Å². The first kappa shape index (κ1) is 41.8. The molecule has 4 fully saturated rings. The lowest BCUT2D eigenvalue weighted by Gasteiger charge is -2.43. The second kappa shape index (κ2) is 16.8. The van der Waals surface area contributed by atoms with Gasteiger partial charge in [-0.2, -0.15) is 10.2 Å². The van der Waals surface area contributed by atoms with Crippen LogP contribution in [-0.2, 0) is 21.7 Å². The van der Waals surface area contributed by atoms with E-state index in [1.165, 1.54) is 10.7 Å². The Morgan fingerprint density at radius 1 is 0.922 bits per heavy atom. The van der Waals surface area contributed by atoms with Gasteiger partial charge in [-0.1, -0.05) is 0 Å². The van der Waals surface area contributed by atoms with Crippen LogP contribution in [0.2, 0.25) is 0 Å². The smallest absolute Gasteiger partial charge is 0.274 e. The van der Waals surface area contributed by atoms with E-state index in [1.54, 1.807) is 36.9 Å². The van der Waals surface area contributed by atoms with Gasteiger partial charge in [0.2, 0.25) is 17.5 Å². The Balaban J connectivity index is 0.696. The largest absolute Gasteiger partial charge is 0.386 e. The van der Waals surface area contributed by atoms with E-state index in [1.807, 2.05) is 24.3 Å². The van der Waals surface area contributed by atoms with Gasteiger partial charge in [0.15, 0.2) is 0 Å². The molecule has 4 aliphatic heterocycles. The second-order valence-electron chi connectivity index (χ2n) is 18.9. The van der Waals surface area contributed by atoms with Crippen molar-refractivity contribution in [3.8, 4) is 0 Å². The van der Waals surface area contributed by atoms with Gasteiger partial charge in [0, 0.05) is 98.9 Å². The molecule has 64 heavy (non-hydrogen) atoms. The molecule has 7 heterocycles. The number of carbonyl (C=O) groups excluding carboxylic acids is 4. The van der Waals surface area contributed by atoms with E-state index in [2.05, 4.69) is 52.2 Å². The molecule has 332 valence electrons. The Labute approximate surface area is 372 Å². The highest BCUT2D eigenvalue weighted by molar-refractivity contribution is 6.06. The summed E-state index contributed by atoms with van der Waals surface area (Å²) >= 11 is 0. The second-order valence-corrected chi connectivity index (χ2v) is 18.9. The van der Waals surface area contributed by atoms with Crippen LogP contribution in [-0.4, -0.2) is 121 Å². The van der Waals surface area contributed by atoms with Crippen LogP contribution in [0, 0.1) is 12.5 Å². The molecule has 0 radical (unpaired) electrons. The molecule has 1 unspecified atom stereocenters. The van der Waals surface area contributed by atoms with E-state index in [4.69, 9.17) is 11.7 Å². The molecule has 4 amide bonds. The lowest BCUT2D eigenvalue weighted by Crippen LogP contribution is -2.52. The van der Waals surface area contributed by atoms with E-state index in [-0.39, 0.29) is 36.1 Å². The van der Waals surface area contributed by atoms with Crippen LogP contribution < -0.4 is 15.5 Å². The van der Waals surface area contributed by atoms with Gasteiger partial charge in [-0.05, 0) is 119 Å². The van der Waals surface area contributed by atoms with Gasteiger partial charge >= 0.3 is 0 Å². The summed E-state index contributed by atoms with van der Waals surface area (Å²) in [6.07, 6.45) is 10.7. The summed E-state index contributed by atoms with van der Waals surface area (Å²) in [5.74, 6) is -0.488. The molecule has 5 aromatic rings. The van der Waals surface area contributed by atoms with Gasteiger partial charge in [0.1, 0.15) is 11.7 Å². The molecule has 1 saturated carbocycles. The van der Waals surface area contributed by atoms with Gasteiger partial charge < -0.3 is 25.1 Å². The molecule has 3 aromatic heterocycles. The fraction of sp³-hybridized carbons (Fsp3) is 0.479. The standard InChI is InChI=1S/C48H55N11O5/c1-48(2,64)39-25-40-32(23-41(39)51-46(62)43-11-9-37-24-33(49-3)26-50-59(37)43)29-58(53-40)35-6-4-34(5-7-35)56-20-18-54(19-21-56)27-30-14-16-55(17-15-30)36-8-10-38-31(22-36)28-57(47(38)63)42-12-13-44(60)52-45(42)61/h8-11,22-26,29-30,34-35,42,64H,4-7,12-21,27-28H2,1-2H3,(H,51,62)(H,52,60,61). The van der Waals surface area contributed by atoms with E-state index < -0.39 is 11.6 Å². The lowest BCUT2D eigenvalue weighted by atomic mass is 9.89. The number of nitrogens with one attached hydrogen (secondary N) is 2. The van der Waals surface area contributed by atoms with Crippen molar-refractivity contribution in [3.05, 3.63) is 94.7 Å². The zero-order chi connectivity index (χ0) is 44.3. The Hall–Kier alpha value is -6.15. The van der Waals surface area contributed by atoms with Gasteiger partial charge in [-0.25, -0.2) is 9.36 Å². The zero-order valence-corrected chi connectivity index (χ0v) is 36.5. The highest BCUT2D eigenvalue weighted by Crippen LogP contribution is 2.37. The summed E-state index contributed by atoms with van der Waals surface area (Å²) < 4.78 is 3.60. The minimum absolute atomic E-state index is 0.130. The Morgan fingerprint density at radius 3 is 2.42 bits per heavy atom. The number of piperidine rings is 2. The molecule has 0 bridgehead atoms. The van der Waals surface area contributed by atoms with E-state index in [0.29, 0.717) is 58.6 Å². The molecule has 16 heteroatoms. The van der Waals surface area contributed by atoms with Crippen LogP contribution in [0.1, 0.15) is 103 Å². The van der Waals surface area contributed by atoms with Gasteiger partial charge in [0.05, 0.1) is 35.4 Å². The molecule has 2 aromatic carbocycles. The molecule has 1 atom stereocenters. The molecular formula is C48H55N11O5. The molecule has 16 nitrogen and oxygen atoms in total. The number of fused-ring (bicyclic) bond motifs is 3. The molecule has 0 spiro atoms. The SMILES string of the molecule is [C-]#[N+]c1cnn2c(C(=O)Nc3cc4cn(C5CCC(N6CCN(CC7CCN(c8ccc9c(c8)CN(C8CCC(=O)NC8=O)C9=O)CC7)CC6)CC5)nc4cc3C(C)(C)O)ccc2c1. The fourth-order valence-electron chi connectivity index (χ4n) is 10.8. The van der Waals surface area contributed by atoms with Crippen LogP contribution in [0.5, 0.6) is 0 Å². The number of amides is 4. The molecular weight excluding hydrogens is 811 g/mol. The summed E-state index contributed by atoms with van der Waals surface area (Å²) in [5.41, 5.74) is 4.77. The third-order valence-electron chi connectivity index (χ3n) is 14.4. The number of aliphatic hydroxyl groups is 1. The van der Waals surface area contributed by atoms with E-state index in [0.717, 1.165) is 106 Å². The maximum Gasteiger partial charge on any atom is 0.274 e. The van der Waals surface area contributed by atoms with Crippen molar-refractivity contribution in [1.82, 2.24) is 39.4 Å². The quantitative estimate of drug-likeness (QED) is 0.128. The number of anilines is 2. The maximum atomic E-state index is 13.6. The normalized spacial score (nSPS) is 22.8. The van der Waals surface area contributed by atoms with Gasteiger partial charge in [-0.3, -0.25) is 34.1 Å². The maximum absolute atomic E-state index is 13.6. The Bertz CT molecular complexity index is 2690. The number of piperazine rings is 1. The van der Waals surface area contributed by atoms with E-state index in [9.17, 15) is 24.3 Å². The third kappa shape index (κ3) is 8.12. The highest BCUT2D eigenvalue weighted by Gasteiger charge is 2.39. The number of rotatable bonds is 9. The van der Waals surface area contributed by atoms with Crippen LogP contribution in [0.15, 0.2) is 60.9 Å². The molecule has 5 aliphatic rings. The monoisotopic (exact) mass is 865 g/mol. The van der Waals surface area contributed by atoms with Crippen LogP contribution in [0.25, 0.3) is 21.3 Å². The van der Waals surface area contributed by atoms with E-state index >= 15 is 0 Å². The number of benzene rings is 2. The lowest BCUT2D eigenvalue weighted by molar-refractivity contribution is -0.136. The molecule has 10 rings (SSSR count). The average Bonchev–Trinajstić information content (AvgIpc) is 4.01. The highest BCUT2D eigenvalue weighted by atomic mass is 16.3. The zero-order valence-electron chi connectivity index (χ0n) is 36.5. The van der Waals surface area contributed by atoms with Crippen molar-refractivity contribution < 1.29 is 24.3 Å². The molecule has 3 saturated heterocycles. The first-order chi connectivity index (χ1) is 30.9. The first-order valence-electron chi connectivity index (χ1n) is 22.8. The summed E-state index contributed by atoms with van der Waals surface area (Å²) in [4.78, 5) is 63.7. The number of imide groups is 1. The average molecular weight is 866 g/mol. The summed E-state index contributed by atoms with van der Waals surface area (Å²) in [7, 11) is 0. The number of hydrogen-bond acceptors (Lipinski definition) is 10. The van der Waals surface area contributed by atoms with Crippen LogP contribution in [0.4, 0.5) is 17.1 Å². The van der Waals surface area contributed by atoms with Crippen LogP contribution in [0.3, 0.4) is 0 Å². The molecule has 1 aliphatic carbocycles. The number of carbonyl (C=O) groups is 4. The topological polar surface area (TPSA) is 165 Å². The van der Waals surface area contributed by atoms with Crippen LogP contribution >= 0.6 is 0 Å². The molecule has 3 N–H and O–H groups in total. The predicted molar refractivity (Wildman–Crippen MR) is 241 cm³/mol. The Kier molecular flexibility index (Phi) is 11.0. The minimum Gasteiger partial charge on any atom is -0.386 e. The van der Waals surface area contributed by atoms with Gasteiger partial charge in [-0.15, -0.1) is 0 Å². The van der Waals surface area contributed by atoms with Crippen molar-refractivity contribution in [2.75, 3.05) is 56.0 Å². The van der Waals surface area contributed by atoms with Crippen molar-refractivity contribution in [1.29, 1.82) is 0 Å². The third-order valence-corrected chi connectivity index (χ3v) is 14.4. The number of hydrogen-bond donors (Lipinski definition) is 3. The fourth-order valence-corrected chi connectivity index (χ4v) is 10.8. The van der Waals surface area contributed by atoms with Gasteiger partial charge in [0.25, 0.3) is 11.8 Å². The summed E-state index contributed by atoms with van der Waals surface area (Å²) in [6.45, 7) is 18.6. The minimum atomic E-state index is -1.23. The van der Waals surface area contributed by atoms with Crippen molar-refractivity contribution in [2.24, 2.45) is 5.92 Å². The van der Waals surface area contributed by atoms with Crippen molar-refractivity contribution >= 4 is 57.1 Å². The predicted octanol–water partition coefficient (Wildman–Crippen LogP) is 5.49.